The van der Waals surface area contributed by atoms with E-state index in [-0.39, 0.29) is 12.3 Å². The van der Waals surface area contributed by atoms with Crippen molar-refractivity contribution in [3.05, 3.63) is 89.4 Å². The number of carbonyl (C=O) groups excluding carboxylic acids is 1. The molecule has 1 unspecified atom stereocenters. The molecule has 0 aromatic heterocycles. The highest BCUT2D eigenvalue weighted by molar-refractivity contribution is 6.01. The van der Waals surface area contributed by atoms with Crippen LogP contribution in [-0.4, -0.2) is 37.6 Å². The second kappa shape index (κ2) is 12.4. The van der Waals surface area contributed by atoms with Gasteiger partial charge in [0.15, 0.2) is 0 Å². The molecule has 1 amide bonds. The van der Waals surface area contributed by atoms with Gasteiger partial charge in [-0.15, -0.1) is 13.2 Å². The maximum absolute atomic E-state index is 14.1. The van der Waals surface area contributed by atoms with E-state index >= 15 is 0 Å². The Morgan fingerprint density at radius 3 is 2.54 bits per heavy atom. The van der Waals surface area contributed by atoms with Crippen LogP contribution in [0, 0.1) is 12.7 Å². The lowest BCUT2D eigenvalue weighted by molar-refractivity contribution is -0.274. The number of aliphatic hydroxyl groups is 1. The van der Waals surface area contributed by atoms with E-state index in [1.54, 1.807) is 25.1 Å². The van der Waals surface area contributed by atoms with Crippen LogP contribution in [0.15, 0.2) is 66.9 Å². The van der Waals surface area contributed by atoms with E-state index in [2.05, 4.69) is 16.6 Å². The van der Waals surface area contributed by atoms with Crippen LogP contribution < -0.4 is 24.4 Å². The van der Waals surface area contributed by atoms with Crippen molar-refractivity contribution in [3.8, 4) is 17.2 Å². The number of ether oxygens (including phenoxy) is 3. The standard InChI is InChI=1S/C30H30F4N2O5/c1-18-13-21(31)7-9-26(18)28(35-22-14-24(39-3)16-25(15-22)40-12-4-5-19(2)37)29(38)36-11-10-20-6-8-23(17-27(20)36)41-30(32,33)34/h6-9,13-17,28,35,37H,2,4-5,10-12H2,1,3H3. The van der Waals surface area contributed by atoms with E-state index in [4.69, 9.17) is 9.47 Å². The number of amides is 1. The third-order valence-corrected chi connectivity index (χ3v) is 6.55. The Morgan fingerprint density at radius 1 is 1.10 bits per heavy atom. The molecule has 0 bridgehead atoms. The molecule has 3 aromatic carbocycles. The van der Waals surface area contributed by atoms with Crippen molar-refractivity contribution in [2.45, 2.75) is 38.6 Å². The minimum absolute atomic E-state index is 0.0539. The maximum atomic E-state index is 14.1. The Bertz CT molecular complexity index is 1430. The predicted molar refractivity (Wildman–Crippen MR) is 146 cm³/mol. The third-order valence-electron chi connectivity index (χ3n) is 6.55. The van der Waals surface area contributed by atoms with E-state index < -0.39 is 29.9 Å². The minimum atomic E-state index is -4.88. The van der Waals surface area contributed by atoms with Gasteiger partial charge in [-0.25, -0.2) is 4.39 Å². The first-order valence-electron chi connectivity index (χ1n) is 12.8. The Labute approximate surface area is 234 Å². The van der Waals surface area contributed by atoms with Gasteiger partial charge in [0.05, 0.1) is 25.2 Å². The number of alkyl halides is 3. The molecule has 0 saturated heterocycles. The summed E-state index contributed by atoms with van der Waals surface area (Å²) in [6, 6.07) is 11.9. The number of aryl methyl sites for hydroxylation is 1. The number of methoxy groups -OCH3 is 1. The van der Waals surface area contributed by atoms with Crippen LogP contribution >= 0.6 is 0 Å². The molecule has 1 heterocycles. The van der Waals surface area contributed by atoms with Gasteiger partial charge in [0.1, 0.15) is 29.1 Å². The van der Waals surface area contributed by atoms with Crippen LogP contribution in [0.4, 0.5) is 28.9 Å². The van der Waals surface area contributed by atoms with Crippen LogP contribution in [0.1, 0.15) is 35.6 Å². The first kappa shape index (κ1) is 29.6. The Kier molecular flexibility index (Phi) is 8.95. The smallest absolute Gasteiger partial charge is 0.513 e. The highest BCUT2D eigenvalue weighted by atomic mass is 19.4. The van der Waals surface area contributed by atoms with Gasteiger partial charge in [-0.1, -0.05) is 18.7 Å². The Hall–Kier alpha value is -4.41. The van der Waals surface area contributed by atoms with Gasteiger partial charge in [-0.2, -0.15) is 0 Å². The summed E-state index contributed by atoms with van der Waals surface area (Å²) in [5.41, 5.74) is 2.46. The molecule has 1 aliphatic rings. The number of halogens is 4. The van der Waals surface area contributed by atoms with Gasteiger partial charge in [0, 0.05) is 42.9 Å². The number of allylic oxidation sites excluding steroid dienone is 1. The predicted octanol–water partition coefficient (Wildman–Crippen LogP) is 7.01. The van der Waals surface area contributed by atoms with Crippen LogP contribution in [-0.2, 0) is 11.2 Å². The van der Waals surface area contributed by atoms with Crippen LogP contribution in [0.3, 0.4) is 0 Å². The SMILES string of the molecule is C=C(O)CCCOc1cc(NC(C(=O)N2CCc3ccc(OC(F)(F)F)cc32)c2ccc(F)cc2C)cc(OC)c1. The lowest BCUT2D eigenvalue weighted by Gasteiger charge is -2.27. The van der Waals surface area contributed by atoms with E-state index in [9.17, 15) is 27.5 Å². The lowest BCUT2D eigenvalue weighted by atomic mass is 9.99. The van der Waals surface area contributed by atoms with Crippen molar-refractivity contribution in [1.29, 1.82) is 0 Å². The summed E-state index contributed by atoms with van der Waals surface area (Å²) < 4.78 is 67.9. The molecule has 1 atom stereocenters. The zero-order chi connectivity index (χ0) is 29.7. The number of carbonyl (C=O) groups is 1. The van der Waals surface area contributed by atoms with Gasteiger partial charge in [0.25, 0.3) is 5.91 Å². The number of hydrogen-bond acceptors (Lipinski definition) is 6. The third kappa shape index (κ3) is 7.62. The summed E-state index contributed by atoms with van der Waals surface area (Å²) in [6.07, 6.45) is -3.53. The fourth-order valence-electron chi connectivity index (χ4n) is 4.67. The number of anilines is 2. The highest BCUT2D eigenvalue weighted by Gasteiger charge is 2.35. The number of nitrogens with zero attached hydrogens (tertiary/aromatic N) is 1. The molecule has 4 rings (SSSR count). The fourth-order valence-corrected chi connectivity index (χ4v) is 4.67. The second-order valence-corrected chi connectivity index (χ2v) is 9.57. The average molecular weight is 575 g/mol. The molecule has 1 aliphatic heterocycles. The summed E-state index contributed by atoms with van der Waals surface area (Å²) in [5, 5.41) is 12.5. The normalized spacial score (nSPS) is 13.4. The van der Waals surface area contributed by atoms with Crippen molar-refractivity contribution in [1.82, 2.24) is 0 Å². The molecule has 41 heavy (non-hydrogen) atoms. The van der Waals surface area contributed by atoms with Crippen molar-refractivity contribution in [2.75, 3.05) is 30.5 Å². The number of benzene rings is 3. The van der Waals surface area contributed by atoms with Gasteiger partial charge in [0.2, 0.25) is 0 Å². The first-order valence-corrected chi connectivity index (χ1v) is 12.8. The summed E-state index contributed by atoms with van der Waals surface area (Å²) in [7, 11) is 1.48. The molecule has 0 saturated carbocycles. The summed E-state index contributed by atoms with van der Waals surface area (Å²) in [6.45, 7) is 5.65. The zero-order valence-corrected chi connectivity index (χ0v) is 22.6. The van der Waals surface area contributed by atoms with E-state index in [1.807, 2.05) is 0 Å². The van der Waals surface area contributed by atoms with Crippen molar-refractivity contribution in [3.63, 3.8) is 0 Å². The number of nitrogens with one attached hydrogen (secondary N) is 1. The molecule has 0 fully saturated rings. The number of aliphatic hydroxyl groups excluding tert-OH is 1. The van der Waals surface area contributed by atoms with Gasteiger partial charge in [-0.05, 0) is 54.7 Å². The molecular weight excluding hydrogens is 544 g/mol. The molecule has 11 heteroatoms. The fraction of sp³-hybridized carbons (Fsp3) is 0.300. The van der Waals surface area contributed by atoms with E-state index in [0.717, 1.165) is 0 Å². The quantitative estimate of drug-likeness (QED) is 0.146. The first-order chi connectivity index (χ1) is 19.4. The zero-order valence-electron chi connectivity index (χ0n) is 22.6. The Balaban J connectivity index is 1.67. The molecule has 218 valence electrons. The maximum Gasteiger partial charge on any atom is 0.573 e. The molecular formula is C30H30F4N2O5. The minimum Gasteiger partial charge on any atom is -0.513 e. The molecule has 0 spiro atoms. The largest absolute Gasteiger partial charge is 0.573 e. The number of hydrogen-bond donors (Lipinski definition) is 2. The summed E-state index contributed by atoms with van der Waals surface area (Å²) in [4.78, 5) is 15.5. The van der Waals surface area contributed by atoms with Crippen LogP contribution in [0.5, 0.6) is 17.2 Å². The molecule has 7 nitrogen and oxygen atoms in total. The topological polar surface area (TPSA) is 80.3 Å². The van der Waals surface area contributed by atoms with E-state index in [1.165, 1.54) is 48.4 Å². The van der Waals surface area contributed by atoms with Crippen LogP contribution in [0.2, 0.25) is 0 Å². The molecule has 2 N–H and O–H groups in total. The van der Waals surface area contributed by atoms with Crippen LogP contribution in [0.25, 0.3) is 0 Å². The molecule has 0 aliphatic carbocycles. The number of rotatable bonds is 11. The summed E-state index contributed by atoms with van der Waals surface area (Å²) in [5.74, 6) is -0.414. The van der Waals surface area contributed by atoms with Crippen molar-refractivity contribution >= 4 is 17.3 Å². The monoisotopic (exact) mass is 574 g/mol. The highest BCUT2D eigenvalue weighted by Crippen LogP contribution is 2.37. The lowest BCUT2D eigenvalue weighted by Crippen LogP contribution is -2.37. The van der Waals surface area contributed by atoms with E-state index in [0.29, 0.717) is 65.4 Å². The number of fused-ring (bicyclic) bond motifs is 1. The van der Waals surface area contributed by atoms with Crippen molar-refractivity contribution in [2.24, 2.45) is 0 Å². The summed E-state index contributed by atoms with van der Waals surface area (Å²) >= 11 is 0. The second-order valence-electron chi connectivity index (χ2n) is 9.57. The van der Waals surface area contributed by atoms with Gasteiger partial charge in [-0.3, -0.25) is 4.79 Å². The van der Waals surface area contributed by atoms with Crippen molar-refractivity contribution < 1.29 is 41.7 Å². The van der Waals surface area contributed by atoms with Gasteiger partial charge < -0.3 is 29.5 Å². The Morgan fingerprint density at radius 2 is 1.85 bits per heavy atom. The molecule has 0 radical (unpaired) electrons. The molecule has 3 aromatic rings. The van der Waals surface area contributed by atoms with Gasteiger partial charge >= 0.3 is 6.36 Å². The average Bonchev–Trinajstić information content (AvgIpc) is 3.32.